The molecule has 0 radical (unpaired) electrons. The van der Waals surface area contributed by atoms with Crippen molar-refractivity contribution >= 4 is 44.8 Å². The molecule has 23 nitrogen and oxygen atoms in total. The van der Waals surface area contributed by atoms with E-state index in [2.05, 4.69) is 146 Å². The molecular weight excluding hydrogens is 1310 g/mol. The minimum Gasteiger partial charge on any atom is -0.493 e. The van der Waals surface area contributed by atoms with E-state index in [0.29, 0.717) is 47.2 Å². The second-order valence-electron chi connectivity index (χ2n) is 30.2. The van der Waals surface area contributed by atoms with Gasteiger partial charge in [-0.1, -0.05) is 15.5 Å². The fraction of sp³-hybridized carbons (Fsp3) is 0.543. The number of hydrogen-bond donors (Lipinski definition) is 3. The number of nitrogens with one attached hydrogen (secondary N) is 1. The molecule has 0 atom stereocenters. The van der Waals surface area contributed by atoms with E-state index >= 15 is 0 Å². The second-order valence-corrected chi connectivity index (χ2v) is 30.2. The Balaban J connectivity index is 0.000000150. The Bertz CT molecular complexity index is 4010. The van der Waals surface area contributed by atoms with Crippen LogP contribution in [0, 0.1) is 58.2 Å². The number of carbonyl (C=O) groups is 2. The number of hydrogen-bond acceptors (Lipinski definition) is 21. The van der Waals surface area contributed by atoms with Gasteiger partial charge in [0.15, 0.2) is 16.7 Å². The second kappa shape index (κ2) is 37.8. The first-order chi connectivity index (χ1) is 50.5. The van der Waals surface area contributed by atoms with E-state index in [4.69, 9.17) is 48.5 Å². The fourth-order valence-electron chi connectivity index (χ4n) is 14.1. The summed E-state index contributed by atoms with van der Waals surface area (Å²) in [5.41, 5.74) is 12.6. The maximum Gasteiger partial charge on any atom is 0.328 e. The first kappa shape index (κ1) is 76.3. The SMILES string of the molecule is CN(C)Cc1c(OCC2CC2)ccc2c(CCC3CCN(Cc4ccnc(C#N)c4)CC3)noc12.CN(C)Cc1c(OCC2CC2)ccc2c(CCC3CCN(Cc4ccnc(C#N)c4)CC3)noc12.CN(C)Cc1c(OCC2CC2)ccc2c(CCC3CCNCC3)noc12.O=C(O)/C=C/C(=O)O. The van der Waals surface area contributed by atoms with E-state index in [1.165, 1.54) is 83.5 Å². The molecule has 0 amide bonds. The van der Waals surface area contributed by atoms with Gasteiger partial charge in [0.25, 0.3) is 0 Å². The summed E-state index contributed by atoms with van der Waals surface area (Å²) in [5, 5.41) is 54.0. The van der Waals surface area contributed by atoms with E-state index in [1.807, 2.05) is 24.3 Å². The third-order valence-corrected chi connectivity index (χ3v) is 20.6. The first-order valence-electron chi connectivity index (χ1n) is 37.5. The molecule has 3 N–H and O–H groups in total. The number of fused-ring (bicyclic) bond motifs is 3. The van der Waals surface area contributed by atoms with Gasteiger partial charge in [-0.15, -0.1) is 0 Å². The molecule has 23 heteroatoms. The van der Waals surface area contributed by atoms with Crippen LogP contribution in [0.15, 0.2) is 98.8 Å². The van der Waals surface area contributed by atoms with Gasteiger partial charge in [0.05, 0.1) is 53.6 Å². The van der Waals surface area contributed by atoms with E-state index in [9.17, 15) is 9.59 Å². The van der Waals surface area contributed by atoms with Crippen molar-refractivity contribution in [3.8, 4) is 29.4 Å². The summed E-state index contributed by atoms with van der Waals surface area (Å²) in [7, 11) is 12.5. The third kappa shape index (κ3) is 23.1. The molecule has 3 aromatic carbocycles. The summed E-state index contributed by atoms with van der Waals surface area (Å²) in [4.78, 5) is 38.7. The standard InChI is InChI=1S/2C28H35N5O2.C21H31N3O2.C4H4O4/c2*1-32(2)18-25-27(34-19-21-3-4-21)8-6-24-26(31-35-28(24)25)7-5-20-10-13-33(14-11-20)17-22-9-12-30-23(15-22)16-29;1-24(2)13-18-20(25-14-16-3-4-16)8-6-17-19(23-26-21(17)18)7-5-15-9-11-22-12-10-15;5-3(6)1-2-4(7)8/h2*6,8-9,12,15,20-21H,3-5,7,10-11,13-14,17-19H2,1-2H3;6,8,15-16,22H,3-5,7,9-14H2,1-2H3;1-2H,(H,5,6)(H,7,8)/b;;;2-1+. The number of carboxylic acids is 2. The van der Waals surface area contributed by atoms with Crippen LogP contribution < -0.4 is 19.5 Å². The van der Waals surface area contributed by atoms with Crippen LogP contribution in [-0.4, -0.2) is 173 Å². The Hall–Kier alpha value is -8.81. The van der Waals surface area contributed by atoms with Gasteiger partial charge < -0.3 is 58.0 Å². The normalized spacial score (nSPS) is 17.0. The molecule has 3 saturated heterocycles. The van der Waals surface area contributed by atoms with Gasteiger partial charge in [0.1, 0.15) is 40.8 Å². The molecule has 104 heavy (non-hydrogen) atoms. The average Bonchev–Trinajstić information content (AvgIpc) is 1.65. The molecule has 0 bridgehead atoms. The minimum absolute atomic E-state index is 0.493. The Kier molecular flexibility index (Phi) is 27.7. The fourth-order valence-corrected chi connectivity index (χ4v) is 14.1. The predicted molar refractivity (Wildman–Crippen MR) is 398 cm³/mol. The summed E-state index contributed by atoms with van der Waals surface area (Å²) in [6.07, 6.45) is 26.0. The monoisotopic (exact) mass is 1420 g/mol. The van der Waals surface area contributed by atoms with E-state index in [1.54, 1.807) is 12.4 Å². The highest BCUT2D eigenvalue weighted by atomic mass is 16.5. The number of rotatable bonds is 30. The zero-order valence-electron chi connectivity index (χ0n) is 61.7. The summed E-state index contributed by atoms with van der Waals surface area (Å²) in [6.45, 7) is 13.2. The Morgan fingerprint density at radius 3 is 1.12 bits per heavy atom. The van der Waals surface area contributed by atoms with Crippen molar-refractivity contribution in [1.29, 1.82) is 10.5 Å². The highest BCUT2D eigenvalue weighted by Crippen LogP contribution is 2.39. The number of likely N-dealkylation sites (tertiary alicyclic amines) is 2. The largest absolute Gasteiger partial charge is 0.493 e. The Labute approximate surface area is 611 Å². The first-order valence-corrected chi connectivity index (χ1v) is 37.5. The molecular formula is C81H105N13O10. The lowest BCUT2D eigenvalue weighted by atomic mass is 9.91. The van der Waals surface area contributed by atoms with Crippen molar-refractivity contribution in [2.75, 3.05) is 101 Å². The van der Waals surface area contributed by atoms with Crippen LogP contribution in [0.3, 0.4) is 0 Å². The molecule has 8 heterocycles. The van der Waals surface area contributed by atoms with Crippen molar-refractivity contribution in [2.45, 2.75) is 148 Å². The molecule has 3 saturated carbocycles. The summed E-state index contributed by atoms with van der Waals surface area (Å²) in [5.74, 6) is 4.70. The van der Waals surface area contributed by atoms with E-state index < -0.39 is 11.9 Å². The summed E-state index contributed by atoms with van der Waals surface area (Å²) < 4.78 is 36.0. The zero-order valence-corrected chi connectivity index (χ0v) is 61.7. The summed E-state index contributed by atoms with van der Waals surface area (Å²) >= 11 is 0. The lowest BCUT2D eigenvalue weighted by Gasteiger charge is -2.31. The quantitative estimate of drug-likeness (QED) is 0.0353. The van der Waals surface area contributed by atoms with Crippen LogP contribution in [-0.2, 0) is 61.6 Å². The molecule has 6 aliphatic rings. The van der Waals surface area contributed by atoms with Gasteiger partial charge in [0.2, 0.25) is 0 Å². The highest BCUT2D eigenvalue weighted by molar-refractivity contribution is 5.90. The number of carboxylic acid groups (broad SMARTS) is 2. The number of benzene rings is 3. The van der Waals surface area contributed by atoms with Crippen LogP contribution in [0.2, 0.25) is 0 Å². The van der Waals surface area contributed by atoms with E-state index in [-0.39, 0.29) is 0 Å². The number of aryl methyl sites for hydroxylation is 3. The lowest BCUT2D eigenvalue weighted by molar-refractivity contribution is -0.134. The maximum absolute atomic E-state index is 9.55. The Morgan fingerprint density at radius 1 is 0.490 bits per heavy atom. The smallest absolute Gasteiger partial charge is 0.328 e. The van der Waals surface area contributed by atoms with Crippen LogP contribution >= 0.6 is 0 Å². The van der Waals surface area contributed by atoms with Gasteiger partial charge in [-0.3, -0.25) is 9.80 Å². The number of aliphatic carboxylic acids is 2. The third-order valence-electron chi connectivity index (χ3n) is 20.6. The van der Waals surface area contributed by atoms with Gasteiger partial charge in [-0.05, 0) is 304 Å². The van der Waals surface area contributed by atoms with Gasteiger partial charge in [0, 0.05) is 73.4 Å². The number of aromatic nitrogens is 5. The maximum atomic E-state index is 9.55. The van der Waals surface area contributed by atoms with Gasteiger partial charge in [-0.25, -0.2) is 19.6 Å². The number of pyridine rings is 2. The number of nitrogens with zero attached hydrogens (tertiary/aromatic N) is 12. The molecule has 6 fully saturated rings. The minimum atomic E-state index is -1.26. The van der Waals surface area contributed by atoms with Crippen LogP contribution in [0.1, 0.15) is 153 Å². The molecule has 0 spiro atoms. The number of ether oxygens (including phenoxy) is 3. The Morgan fingerprint density at radius 2 is 0.817 bits per heavy atom. The van der Waals surface area contributed by atoms with Gasteiger partial charge in [-0.2, -0.15) is 10.5 Å². The van der Waals surface area contributed by atoms with Crippen molar-refractivity contribution in [3.05, 3.63) is 141 Å². The molecule has 0 unspecified atom stereocenters. The summed E-state index contributed by atoms with van der Waals surface area (Å²) in [6, 6.07) is 24.8. The van der Waals surface area contributed by atoms with Gasteiger partial charge >= 0.3 is 11.9 Å². The molecule has 8 aromatic rings. The van der Waals surface area contributed by atoms with Crippen LogP contribution in [0.5, 0.6) is 17.2 Å². The van der Waals surface area contributed by atoms with Crippen molar-refractivity contribution in [2.24, 2.45) is 35.5 Å². The molecule has 5 aromatic heterocycles. The number of piperidine rings is 3. The average molecular weight is 1420 g/mol. The predicted octanol–water partition coefficient (Wildman–Crippen LogP) is 12.9. The number of nitriles is 2. The van der Waals surface area contributed by atoms with Crippen molar-refractivity contribution in [3.63, 3.8) is 0 Å². The molecule has 14 rings (SSSR count). The molecule has 3 aliphatic carbocycles. The lowest BCUT2D eigenvalue weighted by Crippen LogP contribution is -2.33. The highest BCUT2D eigenvalue weighted by Gasteiger charge is 2.29. The van der Waals surface area contributed by atoms with Crippen molar-refractivity contribution < 1.29 is 47.6 Å². The zero-order chi connectivity index (χ0) is 72.9. The van der Waals surface area contributed by atoms with E-state index in [0.717, 1.165) is 231 Å². The van der Waals surface area contributed by atoms with Crippen LogP contribution in [0.25, 0.3) is 32.9 Å². The molecule has 3 aliphatic heterocycles. The van der Waals surface area contributed by atoms with Crippen molar-refractivity contribution in [1.82, 2.24) is 55.3 Å². The molecule has 554 valence electrons. The van der Waals surface area contributed by atoms with Crippen LogP contribution in [0.4, 0.5) is 0 Å². The topological polar surface area (TPSA) is 282 Å².